The van der Waals surface area contributed by atoms with Crippen molar-refractivity contribution in [2.45, 2.75) is 13.3 Å². The second kappa shape index (κ2) is 8.48. The zero-order valence-corrected chi connectivity index (χ0v) is 10.9. The molecule has 4 heteroatoms. The molecule has 0 amide bonds. The van der Waals surface area contributed by atoms with Crippen LogP contribution in [0.2, 0.25) is 0 Å². The Morgan fingerprint density at radius 1 is 1.38 bits per heavy atom. The Bertz CT molecular complexity index is 316. The lowest BCUT2D eigenvalue weighted by Crippen LogP contribution is -2.06. The van der Waals surface area contributed by atoms with Crippen LogP contribution in [-0.2, 0) is 0 Å². The van der Waals surface area contributed by atoms with E-state index < -0.39 is 0 Å². The predicted octanol–water partition coefficient (Wildman–Crippen LogP) is 3.80. The molecule has 0 aromatic heterocycles. The molecule has 88 valence electrons. The summed E-state index contributed by atoms with van der Waals surface area (Å²) >= 11 is 7.24. The molecule has 0 atom stereocenters. The van der Waals surface area contributed by atoms with E-state index in [1.54, 1.807) is 11.8 Å². The van der Waals surface area contributed by atoms with Crippen LogP contribution in [0.1, 0.15) is 13.3 Å². The van der Waals surface area contributed by atoms with Crippen molar-refractivity contribution in [2.24, 2.45) is 4.99 Å². The Balaban J connectivity index is 2.56. The van der Waals surface area contributed by atoms with Crippen molar-refractivity contribution in [3.63, 3.8) is 0 Å². The maximum Gasteiger partial charge on any atom is 0.251 e. The van der Waals surface area contributed by atoms with Gasteiger partial charge in [-0.2, -0.15) is 0 Å². The summed E-state index contributed by atoms with van der Waals surface area (Å²) in [6.07, 6.45) is 1.10. The molecular formula is C12H16ClNOS. The fraction of sp³-hybridized carbons (Fsp3) is 0.417. The van der Waals surface area contributed by atoms with E-state index in [4.69, 9.17) is 16.3 Å². The summed E-state index contributed by atoms with van der Waals surface area (Å²) in [5.41, 5.74) is 0. The van der Waals surface area contributed by atoms with Crippen LogP contribution in [-0.4, -0.2) is 23.4 Å². The Morgan fingerprint density at radius 3 is 2.75 bits per heavy atom. The molecule has 16 heavy (non-hydrogen) atoms. The molecule has 0 aliphatic carbocycles. The van der Waals surface area contributed by atoms with Gasteiger partial charge in [0.1, 0.15) is 5.75 Å². The Morgan fingerprint density at radius 2 is 2.12 bits per heavy atom. The molecule has 0 radical (unpaired) electrons. The van der Waals surface area contributed by atoms with Gasteiger partial charge in [-0.3, -0.25) is 0 Å². The highest BCUT2D eigenvalue weighted by Crippen LogP contribution is 2.14. The minimum absolute atomic E-state index is 0.522. The number of para-hydroxylation sites is 1. The maximum atomic E-state index is 5.67. The Labute approximate surface area is 106 Å². The van der Waals surface area contributed by atoms with E-state index in [0.29, 0.717) is 17.7 Å². The molecule has 0 aliphatic heterocycles. The summed E-state index contributed by atoms with van der Waals surface area (Å²) in [6.45, 7) is 2.73. The van der Waals surface area contributed by atoms with Gasteiger partial charge in [0.05, 0.1) is 6.54 Å². The van der Waals surface area contributed by atoms with E-state index in [1.165, 1.54) is 0 Å². The maximum absolute atomic E-state index is 5.67. The van der Waals surface area contributed by atoms with Gasteiger partial charge in [0, 0.05) is 11.6 Å². The second-order valence-corrected chi connectivity index (χ2v) is 4.52. The SMILES string of the molecule is CCCSC(=NCCCl)Oc1ccccc1. The number of benzene rings is 1. The van der Waals surface area contributed by atoms with Crippen LogP contribution in [0, 0.1) is 0 Å². The summed E-state index contributed by atoms with van der Waals surface area (Å²) in [7, 11) is 0. The van der Waals surface area contributed by atoms with E-state index >= 15 is 0 Å². The lowest BCUT2D eigenvalue weighted by atomic mass is 10.3. The van der Waals surface area contributed by atoms with Gasteiger partial charge in [0.15, 0.2) is 0 Å². The Hall–Kier alpha value is -0.670. The summed E-state index contributed by atoms with van der Waals surface area (Å²) < 4.78 is 5.67. The van der Waals surface area contributed by atoms with Crippen molar-refractivity contribution >= 4 is 28.6 Å². The highest BCUT2D eigenvalue weighted by Gasteiger charge is 2.02. The van der Waals surface area contributed by atoms with E-state index in [1.807, 2.05) is 30.3 Å². The molecule has 0 spiro atoms. The van der Waals surface area contributed by atoms with Crippen LogP contribution in [0.5, 0.6) is 5.75 Å². The largest absolute Gasteiger partial charge is 0.434 e. The lowest BCUT2D eigenvalue weighted by Gasteiger charge is -2.07. The molecule has 2 nitrogen and oxygen atoms in total. The highest BCUT2D eigenvalue weighted by molar-refractivity contribution is 8.13. The van der Waals surface area contributed by atoms with Crippen molar-refractivity contribution < 1.29 is 4.74 Å². The molecule has 0 heterocycles. The van der Waals surface area contributed by atoms with Crippen LogP contribution in [0.4, 0.5) is 0 Å². The number of aliphatic imine (C=N–C) groups is 1. The van der Waals surface area contributed by atoms with Crippen molar-refractivity contribution in [3.05, 3.63) is 30.3 Å². The highest BCUT2D eigenvalue weighted by atomic mass is 35.5. The van der Waals surface area contributed by atoms with Gasteiger partial charge in [-0.25, -0.2) is 4.99 Å². The molecular weight excluding hydrogens is 242 g/mol. The van der Waals surface area contributed by atoms with Gasteiger partial charge in [0.25, 0.3) is 5.23 Å². The van der Waals surface area contributed by atoms with Crippen LogP contribution in [0.25, 0.3) is 0 Å². The fourth-order valence-corrected chi connectivity index (χ4v) is 1.82. The number of thioether (sulfide) groups is 1. The van der Waals surface area contributed by atoms with E-state index in [-0.39, 0.29) is 0 Å². The smallest absolute Gasteiger partial charge is 0.251 e. The number of rotatable bonds is 5. The molecule has 0 N–H and O–H groups in total. The third-order valence-corrected chi connectivity index (χ3v) is 2.94. The number of hydrogen-bond acceptors (Lipinski definition) is 3. The number of alkyl halides is 1. The first-order valence-corrected chi connectivity index (χ1v) is 6.85. The third-order valence-electron chi connectivity index (χ3n) is 1.70. The molecule has 0 aliphatic rings. The molecule has 1 rings (SSSR count). The van der Waals surface area contributed by atoms with Gasteiger partial charge < -0.3 is 4.74 Å². The number of hydrogen-bond donors (Lipinski definition) is 0. The fourth-order valence-electron chi connectivity index (χ4n) is 1.02. The van der Waals surface area contributed by atoms with Gasteiger partial charge in [0.2, 0.25) is 0 Å². The summed E-state index contributed by atoms with van der Waals surface area (Å²) in [5.74, 6) is 2.35. The predicted molar refractivity (Wildman–Crippen MR) is 72.8 cm³/mol. The van der Waals surface area contributed by atoms with Gasteiger partial charge in [-0.15, -0.1) is 11.6 Å². The molecule has 0 fully saturated rings. The van der Waals surface area contributed by atoms with Crippen molar-refractivity contribution in [1.82, 2.24) is 0 Å². The van der Waals surface area contributed by atoms with Crippen LogP contribution >= 0.6 is 23.4 Å². The first-order valence-electron chi connectivity index (χ1n) is 5.33. The monoisotopic (exact) mass is 257 g/mol. The van der Waals surface area contributed by atoms with Crippen LogP contribution in [0.3, 0.4) is 0 Å². The van der Waals surface area contributed by atoms with Crippen LogP contribution in [0.15, 0.2) is 35.3 Å². The molecule has 1 aromatic rings. The first kappa shape index (κ1) is 13.4. The van der Waals surface area contributed by atoms with Crippen molar-refractivity contribution in [1.29, 1.82) is 0 Å². The minimum atomic E-state index is 0.522. The minimum Gasteiger partial charge on any atom is -0.434 e. The average molecular weight is 258 g/mol. The molecule has 0 saturated carbocycles. The molecule has 0 unspecified atom stereocenters. The number of ether oxygens (including phenoxy) is 1. The quantitative estimate of drug-likeness (QED) is 0.455. The molecule has 1 aromatic carbocycles. The van der Waals surface area contributed by atoms with Gasteiger partial charge in [-0.05, 0) is 18.6 Å². The molecule has 0 saturated heterocycles. The van der Waals surface area contributed by atoms with Crippen LogP contribution < -0.4 is 4.74 Å². The topological polar surface area (TPSA) is 21.6 Å². The zero-order chi connectivity index (χ0) is 11.6. The summed E-state index contributed by atoms with van der Waals surface area (Å²) in [5, 5.41) is 0.703. The number of halogens is 1. The van der Waals surface area contributed by atoms with E-state index in [9.17, 15) is 0 Å². The first-order chi connectivity index (χ1) is 7.86. The van der Waals surface area contributed by atoms with E-state index in [2.05, 4.69) is 11.9 Å². The normalized spacial score (nSPS) is 11.5. The summed E-state index contributed by atoms with van der Waals surface area (Å²) in [6, 6.07) is 9.69. The lowest BCUT2D eigenvalue weighted by molar-refractivity contribution is 0.563. The third kappa shape index (κ3) is 5.42. The van der Waals surface area contributed by atoms with Gasteiger partial charge >= 0.3 is 0 Å². The Kier molecular flexibility index (Phi) is 7.10. The van der Waals surface area contributed by atoms with Gasteiger partial charge in [-0.1, -0.05) is 36.9 Å². The van der Waals surface area contributed by atoms with Crippen molar-refractivity contribution in [3.8, 4) is 5.75 Å². The average Bonchev–Trinajstić information content (AvgIpc) is 2.34. The number of nitrogens with zero attached hydrogens (tertiary/aromatic N) is 1. The van der Waals surface area contributed by atoms with Crippen molar-refractivity contribution in [2.75, 3.05) is 18.2 Å². The van der Waals surface area contributed by atoms with E-state index in [0.717, 1.165) is 17.9 Å². The zero-order valence-electron chi connectivity index (χ0n) is 9.36. The second-order valence-electron chi connectivity index (χ2n) is 3.10. The molecule has 0 bridgehead atoms. The standard InChI is InChI=1S/C12H16ClNOS/c1-2-10-16-12(14-9-8-13)15-11-6-4-3-5-7-11/h3-7H,2,8-10H2,1H3. The summed E-state index contributed by atoms with van der Waals surface area (Å²) in [4.78, 5) is 4.30.